The van der Waals surface area contributed by atoms with E-state index < -0.39 is 0 Å². The van der Waals surface area contributed by atoms with Crippen molar-refractivity contribution >= 4 is 17.5 Å². The van der Waals surface area contributed by atoms with Gasteiger partial charge in [0.2, 0.25) is 0 Å². The highest BCUT2D eigenvalue weighted by Gasteiger charge is 2.09. The Morgan fingerprint density at radius 3 is 3.00 bits per heavy atom. The molecule has 18 heavy (non-hydrogen) atoms. The first-order valence-electron chi connectivity index (χ1n) is 5.26. The zero-order valence-corrected chi connectivity index (χ0v) is 10.5. The largest absolute Gasteiger partial charge is 0.298 e. The van der Waals surface area contributed by atoms with E-state index in [1.807, 2.05) is 0 Å². The number of hydrogen-bond acceptors (Lipinski definition) is 5. The maximum absolute atomic E-state index is 12.9. The van der Waals surface area contributed by atoms with Gasteiger partial charge >= 0.3 is 0 Å². The molecule has 1 aromatic heterocycles. The summed E-state index contributed by atoms with van der Waals surface area (Å²) in [5.41, 5.74) is 0. The highest BCUT2D eigenvalue weighted by Crippen LogP contribution is 2.18. The number of rotatable bonds is 5. The first kappa shape index (κ1) is 12.7. The highest BCUT2D eigenvalue weighted by molar-refractivity contribution is 8.00. The van der Waals surface area contributed by atoms with Crippen LogP contribution in [0.4, 0.5) is 4.39 Å². The quantitative estimate of drug-likeness (QED) is 0.762. The normalized spacial score (nSPS) is 10.6. The molecule has 0 saturated heterocycles. The Balaban J connectivity index is 1.85. The van der Waals surface area contributed by atoms with E-state index in [9.17, 15) is 9.18 Å². The topological polar surface area (TPSA) is 60.7 Å². The Morgan fingerprint density at radius 1 is 1.50 bits per heavy atom. The predicted octanol–water partition coefficient (Wildman–Crippen LogP) is 1.25. The van der Waals surface area contributed by atoms with E-state index in [0.717, 1.165) is 4.90 Å². The van der Waals surface area contributed by atoms with Crippen molar-refractivity contribution in [2.45, 2.75) is 11.3 Å². The van der Waals surface area contributed by atoms with E-state index >= 15 is 0 Å². The summed E-state index contributed by atoms with van der Waals surface area (Å²) < 4.78 is 12.9. The number of thioether (sulfide) groups is 1. The highest BCUT2D eigenvalue weighted by atomic mass is 32.2. The van der Waals surface area contributed by atoms with Gasteiger partial charge in [0.25, 0.3) is 0 Å². The number of Topliss-reactive ketones (excluding diaryl/α,β-unsaturated/α-hetero) is 1. The molecule has 0 amide bonds. The maximum Gasteiger partial charge on any atom is 0.182 e. The second-order valence-electron chi connectivity index (χ2n) is 3.66. The van der Waals surface area contributed by atoms with Crippen molar-refractivity contribution in [1.29, 1.82) is 0 Å². The average Bonchev–Trinajstić information content (AvgIpc) is 2.72. The fraction of sp³-hybridized carbons (Fsp3) is 0.273. The van der Waals surface area contributed by atoms with Gasteiger partial charge in [0.15, 0.2) is 11.6 Å². The second kappa shape index (κ2) is 5.72. The van der Waals surface area contributed by atoms with Gasteiger partial charge < -0.3 is 0 Å². The van der Waals surface area contributed by atoms with E-state index in [2.05, 4.69) is 15.4 Å². The third kappa shape index (κ3) is 3.63. The Kier molecular flexibility index (Phi) is 4.03. The average molecular weight is 266 g/mol. The van der Waals surface area contributed by atoms with Crippen LogP contribution in [-0.2, 0) is 18.3 Å². The molecule has 7 heteroatoms. The van der Waals surface area contributed by atoms with Gasteiger partial charge in [-0.2, -0.15) is 4.80 Å². The fourth-order valence-electron chi connectivity index (χ4n) is 1.34. The van der Waals surface area contributed by atoms with Crippen LogP contribution in [0, 0.1) is 5.82 Å². The van der Waals surface area contributed by atoms with Crippen molar-refractivity contribution in [3.8, 4) is 0 Å². The minimum Gasteiger partial charge on any atom is -0.298 e. The first-order chi connectivity index (χ1) is 8.63. The van der Waals surface area contributed by atoms with Crippen LogP contribution in [0.5, 0.6) is 0 Å². The number of nitrogens with zero attached hydrogens (tertiary/aromatic N) is 4. The molecule has 0 aliphatic carbocycles. The van der Waals surface area contributed by atoms with Crippen LogP contribution in [0.3, 0.4) is 0 Å². The molecule has 0 atom stereocenters. The summed E-state index contributed by atoms with van der Waals surface area (Å²) >= 11 is 1.30. The summed E-state index contributed by atoms with van der Waals surface area (Å²) in [4.78, 5) is 13.7. The number of aryl methyl sites for hydroxylation is 1. The molecule has 2 aromatic rings. The molecule has 94 valence electrons. The van der Waals surface area contributed by atoms with E-state index in [1.54, 1.807) is 19.2 Å². The van der Waals surface area contributed by atoms with E-state index in [1.165, 1.54) is 28.7 Å². The Morgan fingerprint density at radius 2 is 2.33 bits per heavy atom. The number of halogens is 1. The number of carbonyl (C=O) groups excluding carboxylic acids is 1. The molecular weight excluding hydrogens is 255 g/mol. The minimum atomic E-state index is -0.303. The Bertz CT molecular complexity index is 557. The number of carbonyl (C=O) groups is 1. The molecule has 0 bridgehead atoms. The molecule has 0 radical (unpaired) electrons. The lowest BCUT2D eigenvalue weighted by molar-refractivity contribution is -0.116. The van der Waals surface area contributed by atoms with Gasteiger partial charge in [-0.1, -0.05) is 6.07 Å². The van der Waals surface area contributed by atoms with Crippen molar-refractivity contribution in [2.24, 2.45) is 7.05 Å². The predicted molar refractivity (Wildman–Crippen MR) is 64.6 cm³/mol. The number of ketones is 1. The van der Waals surface area contributed by atoms with Crippen molar-refractivity contribution < 1.29 is 9.18 Å². The van der Waals surface area contributed by atoms with E-state index in [0.29, 0.717) is 5.82 Å². The molecule has 0 saturated carbocycles. The molecule has 2 rings (SSSR count). The molecule has 1 aromatic carbocycles. The molecule has 0 N–H and O–H groups in total. The molecule has 0 aliphatic rings. The van der Waals surface area contributed by atoms with Crippen molar-refractivity contribution in [1.82, 2.24) is 20.2 Å². The van der Waals surface area contributed by atoms with Crippen LogP contribution in [-0.4, -0.2) is 31.7 Å². The number of hydrogen-bond donors (Lipinski definition) is 0. The van der Waals surface area contributed by atoms with Gasteiger partial charge in [-0.25, -0.2) is 4.39 Å². The molecule has 0 fully saturated rings. The van der Waals surface area contributed by atoms with Crippen LogP contribution in [0.1, 0.15) is 5.82 Å². The smallest absolute Gasteiger partial charge is 0.182 e. The Hall–Kier alpha value is -1.76. The molecule has 0 aliphatic heterocycles. The summed E-state index contributed by atoms with van der Waals surface area (Å²) in [6.45, 7) is 0. The van der Waals surface area contributed by atoms with Gasteiger partial charge in [0.1, 0.15) is 5.82 Å². The molecule has 0 spiro atoms. The van der Waals surface area contributed by atoms with Crippen LogP contribution < -0.4 is 0 Å². The van der Waals surface area contributed by atoms with Crippen LogP contribution >= 0.6 is 11.8 Å². The van der Waals surface area contributed by atoms with Crippen LogP contribution in [0.15, 0.2) is 29.2 Å². The van der Waals surface area contributed by atoms with Crippen molar-refractivity contribution in [3.63, 3.8) is 0 Å². The van der Waals surface area contributed by atoms with E-state index in [4.69, 9.17) is 0 Å². The van der Waals surface area contributed by atoms with Gasteiger partial charge in [0, 0.05) is 4.90 Å². The monoisotopic (exact) mass is 266 g/mol. The number of tetrazole rings is 1. The lowest BCUT2D eigenvalue weighted by Gasteiger charge is -1.99. The van der Waals surface area contributed by atoms with E-state index in [-0.39, 0.29) is 23.8 Å². The second-order valence-corrected chi connectivity index (χ2v) is 4.71. The van der Waals surface area contributed by atoms with Gasteiger partial charge in [-0.05, 0) is 23.4 Å². The molecule has 5 nitrogen and oxygen atoms in total. The van der Waals surface area contributed by atoms with Gasteiger partial charge in [0.05, 0.1) is 19.2 Å². The molecular formula is C11H11FN4OS. The number of benzene rings is 1. The summed E-state index contributed by atoms with van der Waals surface area (Å²) in [5.74, 6) is 0.351. The number of aromatic nitrogens is 4. The van der Waals surface area contributed by atoms with Crippen LogP contribution in [0.2, 0.25) is 0 Å². The molecule has 0 unspecified atom stereocenters. The summed E-state index contributed by atoms with van der Waals surface area (Å²) in [6.07, 6.45) is 0.149. The SMILES string of the molecule is Cn1nnc(CC(=O)CSc2cccc(F)c2)n1. The zero-order valence-electron chi connectivity index (χ0n) is 9.71. The standard InChI is InChI=1S/C11H11FN4OS/c1-16-14-11(13-15-16)6-9(17)7-18-10-4-2-3-8(12)5-10/h2-5H,6-7H2,1H3. The zero-order chi connectivity index (χ0) is 13.0. The Labute approximate surface area is 107 Å². The first-order valence-corrected chi connectivity index (χ1v) is 6.25. The minimum absolute atomic E-state index is 0.0164. The summed E-state index contributed by atoms with van der Waals surface area (Å²) in [7, 11) is 1.64. The van der Waals surface area contributed by atoms with Crippen molar-refractivity contribution in [2.75, 3.05) is 5.75 Å². The van der Waals surface area contributed by atoms with Gasteiger partial charge in [-0.3, -0.25) is 4.79 Å². The fourth-order valence-corrected chi connectivity index (χ4v) is 2.14. The lowest BCUT2D eigenvalue weighted by atomic mass is 10.3. The lowest BCUT2D eigenvalue weighted by Crippen LogP contribution is -2.07. The summed E-state index contributed by atoms with van der Waals surface area (Å²) in [5, 5.41) is 11.3. The van der Waals surface area contributed by atoms with Crippen molar-refractivity contribution in [3.05, 3.63) is 35.9 Å². The molecule has 1 heterocycles. The van der Waals surface area contributed by atoms with Gasteiger partial charge in [-0.15, -0.1) is 22.0 Å². The third-order valence-electron chi connectivity index (χ3n) is 2.10. The van der Waals surface area contributed by atoms with Crippen LogP contribution in [0.25, 0.3) is 0 Å². The third-order valence-corrected chi connectivity index (χ3v) is 3.15. The summed E-state index contributed by atoms with van der Waals surface area (Å²) in [6, 6.07) is 6.15. The maximum atomic E-state index is 12.9.